The van der Waals surface area contributed by atoms with Gasteiger partial charge in [-0.05, 0) is 95.2 Å². The second-order valence-corrected chi connectivity index (χ2v) is 15.8. The van der Waals surface area contributed by atoms with Gasteiger partial charge in [-0.2, -0.15) is 0 Å². The molecular formula is C50H30N2OS. The van der Waals surface area contributed by atoms with Gasteiger partial charge in [0.05, 0.1) is 22.2 Å². The number of furan rings is 1. The highest BCUT2D eigenvalue weighted by Crippen LogP contribution is 2.47. The van der Waals surface area contributed by atoms with Gasteiger partial charge in [-0.3, -0.25) is 0 Å². The van der Waals surface area contributed by atoms with Crippen LogP contribution in [-0.2, 0) is 6.42 Å². The van der Waals surface area contributed by atoms with Crippen LogP contribution in [0, 0.1) is 0 Å². The molecule has 0 amide bonds. The van der Waals surface area contributed by atoms with E-state index in [4.69, 9.17) is 4.42 Å². The number of para-hydroxylation sites is 1. The molecule has 4 heteroatoms. The van der Waals surface area contributed by atoms with E-state index in [9.17, 15) is 0 Å². The van der Waals surface area contributed by atoms with Gasteiger partial charge in [0.2, 0.25) is 0 Å². The van der Waals surface area contributed by atoms with Crippen molar-refractivity contribution in [3.05, 3.63) is 162 Å². The van der Waals surface area contributed by atoms with E-state index in [0.29, 0.717) is 0 Å². The van der Waals surface area contributed by atoms with Crippen molar-refractivity contribution in [2.75, 3.05) is 4.90 Å². The molecular weight excluding hydrogens is 677 g/mol. The summed E-state index contributed by atoms with van der Waals surface area (Å²) in [6.07, 6.45) is 4.47. The van der Waals surface area contributed by atoms with Gasteiger partial charge in [-0.15, -0.1) is 11.3 Å². The Balaban J connectivity index is 1.19. The predicted molar refractivity (Wildman–Crippen MR) is 230 cm³/mol. The Hall–Kier alpha value is -6.62. The molecule has 0 atom stereocenters. The van der Waals surface area contributed by atoms with Crippen LogP contribution in [0.1, 0.15) is 12.0 Å². The summed E-state index contributed by atoms with van der Waals surface area (Å²) in [5, 5.41) is 14.0. The minimum atomic E-state index is 0.893. The van der Waals surface area contributed by atoms with Crippen molar-refractivity contribution >= 4 is 125 Å². The zero-order chi connectivity index (χ0) is 35.1. The normalized spacial score (nSPS) is 13.2. The van der Waals surface area contributed by atoms with Gasteiger partial charge in [0.1, 0.15) is 11.2 Å². The summed E-state index contributed by atoms with van der Waals surface area (Å²) >= 11 is 1.86. The Labute approximate surface area is 313 Å². The first-order valence-electron chi connectivity index (χ1n) is 18.7. The van der Waals surface area contributed by atoms with Crippen molar-refractivity contribution in [3.63, 3.8) is 0 Å². The number of benzene rings is 8. The fourth-order valence-electron chi connectivity index (χ4n) is 9.72. The van der Waals surface area contributed by atoms with Crippen LogP contribution in [0.2, 0.25) is 0 Å². The van der Waals surface area contributed by atoms with Crippen molar-refractivity contribution in [2.24, 2.45) is 0 Å². The maximum Gasteiger partial charge on any atom is 0.137 e. The average molecular weight is 707 g/mol. The lowest BCUT2D eigenvalue weighted by Gasteiger charge is -2.27. The summed E-state index contributed by atoms with van der Waals surface area (Å²) in [4.78, 5) is 2.48. The fourth-order valence-corrected chi connectivity index (χ4v) is 10.8. The van der Waals surface area contributed by atoms with E-state index in [1.807, 2.05) is 17.4 Å². The monoisotopic (exact) mass is 706 g/mol. The molecule has 252 valence electrons. The zero-order valence-corrected chi connectivity index (χ0v) is 30.0. The molecule has 8 aromatic carbocycles. The van der Waals surface area contributed by atoms with Gasteiger partial charge < -0.3 is 13.7 Å². The first kappa shape index (κ1) is 28.9. The van der Waals surface area contributed by atoms with Crippen LogP contribution >= 0.6 is 11.3 Å². The Kier molecular flexibility index (Phi) is 5.62. The van der Waals surface area contributed by atoms with Crippen LogP contribution in [0.15, 0.2) is 156 Å². The Bertz CT molecular complexity index is 3640. The lowest BCUT2D eigenvalue weighted by Crippen LogP contribution is -2.14. The molecule has 0 saturated heterocycles. The maximum absolute atomic E-state index is 6.52. The lowest BCUT2D eigenvalue weighted by molar-refractivity contribution is 0.669. The highest BCUT2D eigenvalue weighted by atomic mass is 32.1. The van der Waals surface area contributed by atoms with E-state index in [1.165, 1.54) is 85.5 Å². The Morgan fingerprint density at radius 2 is 1.26 bits per heavy atom. The van der Waals surface area contributed by atoms with Crippen molar-refractivity contribution < 1.29 is 4.42 Å². The molecule has 0 unspecified atom stereocenters. The van der Waals surface area contributed by atoms with Crippen LogP contribution in [0.4, 0.5) is 17.1 Å². The van der Waals surface area contributed by atoms with Crippen LogP contribution < -0.4 is 10.1 Å². The third kappa shape index (κ3) is 3.75. The second kappa shape index (κ2) is 10.5. The lowest BCUT2D eigenvalue weighted by atomic mass is 9.93. The first-order valence-corrected chi connectivity index (χ1v) is 19.5. The van der Waals surface area contributed by atoms with Crippen molar-refractivity contribution in [3.8, 4) is 0 Å². The standard InChI is InChI=1S/C50H30N2OS/c1-2-12-33-29(10-1)26-30-11-7-15-37-38-16-8-17-39-48-41(18-9-19-42(48)52(49(38)39)50(33)47(30)37)51(31-23-25-46-40(27-31)36-14-4-6-21-45(36)54-46)32-22-24-35-34-13-3-5-20-43(34)53-44(35)28-32/h1-7,9-16,18-28H,8,17H2. The number of hydrogen-bond donors (Lipinski definition) is 0. The summed E-state index contributed by atoms with van der Waals surface area (Å²) in [6, 6.07) is 55.9. The molecule has 0 saturated carbocycles. The largest absolute Gasteiger partial charge is 0.456 e. The number of thiophene rings is 1. The van der Waals surface area contributed by atoms with Gasteiger partial charge >= 0.3 is 0 Å². The van der Waals surface area contributed by atoms with Crippen molar-refractivity contribution in [1.82, 2.24) is 4.40 Å². The number of aryl methyl sites for hydroxylation is 1. The highest BCUT2D eigenvalue weighted by Gasteiger charge is 2.26. The van der Waals surface area contributed by atoms with Gasteiger partial charge in [-0.25, -0.2) is 0 Å². The van der Waals surface area contributed by atoms with E-state index >= 15 is 0 Å². The molecule has 0 spiro atoms. The molecule has 0 bridgehead atoms. The van der Waals surface area contributed by atoms with Crippen LogP contribution in [0.3, 0.4) is 0 Å². The maximum atomic E-state index is 6.52. The van der Waals surface area contributed by atoms with Crippen LogP contribution in [0.5, 0.6) is 0 Å². The fraction of sp³-hybridized carbons (Fsp3) is 0.0400. The quantitative estimate of drug-likeness (QED) is 0.135. The second-order valence-electron chi connectivity index (χ2n) is 14.7. The molecule has 3 nitrogen and oxygen atoms in total. The first-order chi connectivity index (χ1) is 26.8. The van der Waals surface area contributed by atoms with Gasteiger partial charge in [0.15, 0.2) is 0 Å². The SMILES string of the molecule is C1=c2c3cccc4cc5ccccc5c(c43)n3c2c(c2c(N(c4ccc5c(c4)oc4ccccc45)c4ccc5sc6ccccc6c5c4)cccc23)CC1. The predicted octanol–water partition coefficient (Wildman–Crippen LogP) is 13.7. The molecule has 0 aliphatic heterocycles. The van der Waals surface area contributed by atoms with E-state index in [2.05, 4.69) is 161 Å². The minimum Gasteiger partial charge on any atom is -0.456 e. The summed E-state index contributed by atoms with van der Waals surface area (Å²) in [5.74, 6) is 0. The molecule has 4 aromatic heterocycles. The molecule has 13 rings (SSSR count). The van der Waals surface area contributed by atoms with E-state index in [0.717, 1.165) is 46.2 Å². The van der Waals surface area contributed by atoms with Gasteiger partial charge in [0, 0.05) is 69.8 Å². The van der Waals surface area contributed by atoms with Gasteiger partial charge in [-0.1, -0.05) is 91.0 Å². The average Bonchev–Trinajstić information content (AvgIpc) is 3.89. The molecule has 1 aliphatic carbocycles. The molecule has 0 fully saturated rings. The topological polar surface area (TPSA) is 20.8 Å². The Morgan fingerprint density at radius 3 is 2.22 bits per heavy atom. The molecule has 1 aliphatic rings. The number of nitrogens with zero attached hydrogens (tertiary/aromatic N) is 2. The number of anilines is 3. The minimum absolute atomic E-state index is 0.893. The number of pyridine rings is 1. The number of aromatic nitrogens is 1. The third-order valence-corrected chi connectivity index (χ3v) is 13.1. The summed E-state index contributed by atoms with van der Waals surface area (Å²) in [5.41, 5.74) is 10.5. The van der Waals surface area contributed by atoms with Crippen LogP contribution in [0.25, 0.3) is 97.1 Å². The summed E-state index contributed by atoms with van der Waals surface area (Å²) < 4.78 is 11.7. The number of fused-ring (bicyclic) bond motifs is 13. The zero-order valence-electron chi connectivity index (χ0n) is 29.1. The summed E-state index contributed by atoms with van der Waals surface area (Å²) in [7, 11) is 0. The molecule has 0 radical (unpaired) electrons. The van der Waals surface area contributed by atoms with Crippen molar-refractivity contribution in [2.45, 2.75) is 12.8 Å². The van der Waals surface area contributed by atoms with Crippen molar-refractivity contribution in [1.29, 1.82) is 0 Å². The van der Waals surface area contributed by atoms with E-state index in [-0.39, 0.29) is 0 Å². The van der Waals surface area contributed by atoms with Gasteiger partial charge in [0.25, 0.3) is 0 Å². The van der Waals surface area contributed by atoms with Crippen LogP contribution in [-0.4, -0.2) is 4.40 Å². The smallest absolute Gasteiger partial charge is 0.137 e. The summed E-state index contributed by atoms with van der Waals surface area (Å²) in [6.45, 7) is 0. The third-order valence-electron chi connectivity index (χ3n) is 11.9. The van der Waals surface area contributed by atoms with E-state index in [1.54, 1.807) is 0 Å². The van der Waals surface area contributed by atoms with E-state index < -0.39 is 0 Å². The molecule has 0 N–H and O–H groups in total. The molecule has 54 heavy (non-hydrogen) atoms. The number of rotatable bonds is 3. The molecule has 4 heterocycles. The highest BCUT2D eigenvalue weighted by molar-refractivity contribution is 7.25. The number of hydrogen-bond acceptors (Lipinski definition) is 3. The molecule has 12 aromatic rings. The Morgan fingerprint density at radius 1 is 0.519 bits per heavy atom.